The fourth-order valence-electron chi connectivity index (χ4n) is 2.53. The van der Waals surface area contributed by atoms with E-state index < -0.39 is 44.8 Å². The maximum Gasteiger partial charge on any atom is 0.407 e. The van der Waals surface area contributed by atoms with E-state index in [1.807, 2.05) is 64.2 Å². The van der Waals surface area contributed by atoms with Gasteiger partial charge in [-0.2, -0.15) is 0 Å². The molecular formula is C23H38FNO5Si. The number of rotatable bonds is 9. The lowest BCUT2D eigenvalue weighted by atomic mass is 10.1. The normalized spacial score (nSPS) is 14.5. The second kappa shape index (κ2) is 11.1. The SMILES string of the molecule is CC(C)(C)OC(=O)C[C@H](NC(=O)OCc1ccccc1)[C@@H](CF)O[Si](C)(C)C(C)(C)C. The van der Waals surface area contributed by atoms with Gasteiger partial charge in [-0.25, -0.2) is 9.18 Å². The number of halogens is 1. The molecule has 0 bridgehead atoms. The average molecular weight is 456 g/mol. The van der Waals surface area contributed by atoms with Crippen LogP contribution in [0.25, 0.3) is 0 Å². The Kier molecular flexibility index (Phi) is 9.69. The van der Waals surface area contributed by atoms with Crippen molar-refractivity contribution in [1.82, 2.24) is 5.32 Å². The van der Waals surface area contributed by atoms with Crippen molar-refractivity contribution in [3.63, 3.8) is 0 Å². The lowest BCUT2D eigenvalue weighted by molar-refractivity contribution is -0.156. The summed E-state index contributed by atoms with van der Waals surface area (Å²) in [7, 11) is -2.36. The minimum Gasteiger partial charge on any atom is -0.460 e. The van der Waals surface area contributed by atoms with Crippen molar-refractivity contribution in [2.24, 2.45) is 0 Å². The first-order valence-corrected chi connectivity index (χ1v) is 13.5. The van der Waals surface area contributed by atoms with Crippen LogP contribution in [0.4, 0.5) is 9.18 Å². The molecule has 0 aliphatic carbocycles. The van der Waals surface area contributed by atoms with Gasteiger partial charge >= 0.3 is 12.1 Å². The number of carbonyl (C=O) groups excluding carboxylic acids is 2. The first-order chi connectivity index (χ1) is 14.1. The van der Waals surface area contributed by atoms with E-state index in [-0.39, 0.29) is 18.1 Å². The molecular weight excluding hydrogens is 417 g/mol. The van der Waals surface area contributed by atoms with E-state index in [1.54, 1.807) is 20.8 Å². The number of amides is 1. The van der Waals surface area contributed by atoms with Crippen LogP contribution in [0.3, 0.4) is 0 Å². The number of alkyl halides is 1. The summed E-state index contributed by atoms with van der Waals surface area (Å²) in [6, 6.07) is 8.29. The largest absolute Gasteiger partial charge is 0.460 e. The van der Waals surface area contributed by atoms with Crippen LogP contribution in [0.2, 0.25) is 18.1 Å². The average Bonchev–Trinajstić information content (AvgIpc) is 2.62. The second-order valence-electron chi connectivity index (χ2n) is 10.2. The molecule has 1 amide bonds. The van der Waals surface area contributed by atoms with Crippen LogP contribution in [-0.4, -0.2) is 44.8 Å². The number of carbonyl (C=O) groups is 2. The quantitative estimate of drug-likeness (QED) is 0.400. The minimum absolute atomic E-state index is 0.0647. The van der Waals surface area contributed by atoms with Crippen molar-refractivity contribution in [2.45, 2.75) is 90.4 Å². The van der Waals surface area contributed by atoms with Crippen LogP contribution in [-0.2, 0) is 25.3 Å². The summed E-state index contributed by atoms with van der Waals surface area (Å²) in [4.78, 5) is 24.9. The molecule has 1 rings (SSSR count). The van der Waals surface area contributed by atoms with Gasteiger partial charge in [-0.05, 0) is 44.5 Å². The maximum absolute atomic E-state index is 14.1. The summed E-state index contributed by atoms with van der Waals surface area (Å²) >= 11 is 0. The molecule has 0 unspecified atom stereocenters. The van der Waals surface area contributed by atoms with Gasteiger partial charge in [0.25, 0.3) is 0 Å². The fourth-order valence-corrected chi connectivity index (χ4v) is 3.87. The Balaban J connectivity index is 2.94. The Bertz CT molecular complexity index is 713. The van der Waals surface area contributed by atoms with Crippen LogP contribution in [0.15, 0.2) is 30.3 Å². The molecule has 0 heterocycles. The molecule has 0 aliphatic heterocycles. The summed E-state index contributed by atoms with van der Waals surface area (Å²) in [5.74, 6) is -0.543. The van der Waals surface area contributed by atoms with Gasteiger partial charge < -0.3 is 19.2 Å². The zero-order chi connectivity index (χ0) is 23.9. The molecule has 1 aromatic carbocycles. The van der Waals surface area contributed by atoms with Crippen LogP contribution < -0.4 is 5.32 Å². The minimum atomic E-state index is -2.36. The van der Waals surface area contributed by atoms with Gasteiger partial charge in [0, 0.05) is 0 Å². The Morgan fingerprint density at radius 1 is 1.06 bits per heavy atom. The van der Waals surface area contributed by atoms with Crippen LogP contribution in [0, 0.1) is 0 Å². The van der Waals surface area contributed by atoms with Crippen molar-refractivity contribution in [1.29, 1.82) is 0 Å². The number of nitrogens with one attached hydrogen (secondary N) is 1. The fraction of sp³-hybridized carbons (Fsp3) is 0.652. The predicted molar refractivity (Wildman–Crippen MR) is 122 cm³/mol. The highest BCUT2D eigenvalue weighted by Crippen LogP contribution is 2.37. The number of benzene rings is 1. The van der Waals surface area contributed by atoms with Crippen molar-refractivity contribution in [3.05, 3.63) is 35.9 Å². The Hall–Kier alpha value is -1.93. The molecule has 0 fully saturated rings. The summed E-state index contributed by atoms with van der Waals surface area (Å²) in [5.41, 5.74) is 0.127. The zero-order valence-corrected chi connectivity index (χ0v) is 21.1. The number of hydrogen-bond acceptors (Lipinski definition) is 5. The standard InChI is InChI=1S/C23H38FNO5Si/c1-22(2,3)29-20(26)14-18(19(15-24)30-31(7,8)23(4,5)6)25-21(27)28-16-17-12-10-9-11-13-17/h9-13,18-19H,14-16H2,1-8H3,(H,25,27)/t18-,19+/m0/s1. The second-order valence-corrected chi connectivity index (χ2v) is 14.9. The molecule has 6 nitrogen and oxygen atoms in total. The van der Waals surface area contributed by atoms with E-state index in [9.17, 15) is 14.0 Å². The van der Waals surface area contributed by atoms with Gasteiger partial charge in [-0.3, -0.25) is 4.79 Å². The first kappa shape index (κ1) is 27.1. The van der Waals surface area contributed by atoms with Gasteiger partial charge in [0.15, 0.2) is 8.32 Å². The van der Waals surface area contributed by atoms with Gasteiger partial charge in [-0.15, -0.1) is 0 Å². The third-order valence-corrected chi connectivity index (χ3v) is 9.68. The van der Waals surface area contributed by atoms with E-state index >= 15 is 0 Å². The third kappa shape index (κ3) is 9.82. The highest BCUT2D eigenvalue weighted by molar-refractivity contribution is 6.74. The molecule has 1 N–H and O–H groups in total. The molecule has 0 saturated carbocycles. The van der Waals surface area contributed by atoms with Gasteiger partial charge in [0.2, 0.25) is 0 Å². The van der Waals surface area contributed by atoms with E-state index in [2.05, 4.69) is 5.32 Å². The molecule has 0 aliphatic rings. The third-order valence-electron chi connectivity index (χ3n) is 5.18. The van der Waals surface area contributed by atoms with Crippen molar-refractivity contribution in [3.8, 4) is 0 Å². The molecule has 0 radical (unpaired) electrons. The van der Waals surface area contributed by atoms with Crippen molar-refractivity contribution >= 4 is 20.4 Å². The van der Waals surface area contributed by atoms with Gasteiger partial charge in [0.05, 0.1) is 18.6 Å². The van der Waals surface area contributed by atoms with Crippen LogP contribution >= 0.6 is 0 Å². The Morgan fingerprint density at radius 3 is 2.13 bits per heavy atom. The van der Waals surface area contributed by atoms with E-state index in [1.165, 1.54) is 0 Å². The Labute approximate surface area is 187 Å². The summed E-state index contributed by atoms with van der Waals surface area (Å²) in [5, 5.41) is 2.46. The van der Waals surface area contributed by atoms with E-state index in [0.29, 0.717) is 0 Å². The number of ether oxygens (including phenoxy) is 2. The molecule has 0 spiro atoms. The summed E-state index contributed by atoms with van der Waals surface area (Å²) in [6.45, 7) is 14.6. The smallest absolute Gasteiger partial charge is 0.407 e. The van der Waals surface area contributed by atoms with E-state index in [0.717, 1.165) is 5.56 Å². The molecule has 2 atom stereocenters. The Morgan fingerprint density at radius 2 is 1.65 bits per heavy atom. The lowest BCUT2D eigenvalue weighted by Crippen LogP contribution is -2.53. The highest BCUT2D eigenvalue weighted by atomic mass is 28.4. The molecule has 0 saturated heterocycles. The lowest BCUT2D eigenvalue weighted by Gasteiger charge is -2.40. The highest BCUT2D eigenvalue weighted by Gasteiger charge is 2.42. The number of hydrogen-bond donors (Lipinski definition) is 1. The topological polar surface area (TPSA) is 73.9 Å². The molecule has 31 heavy (non-hydrogen) atoms. The van der Waals surface area contributed by atoms with Crippen molar-refractivity contribution < 1.29 is 27.9 Å². The molecule has 0 aromatic heterocycles. The van der Waals surface area contributed by atoms with E-state index in [4.69, 9.17) is 13.9 Å². The van der Waals surface area contributed by atoms with Gasteiger partial charge in [-0.1, -0.05) is 51.1 Å². The van der Waals surface area contributed by atoms with Crippen LogP contribution in [0.5, 0.6) is 0 Å². The zero-order valence-electron chi connectivity index (χ0n) is 20.1. The molecule has 1 aromatic rings. The van der Waals surface area contributed by atoms with Gasteiger partial charge in [0.1, 0.15) is 18.9 Å². The summed E-state index contributed by atoms with van der Waals surface area (Å²) in [6.07, 6.45) is -1.95. The molecule has 8 heteroatoms. The predicted octanol–water partition coefficient (Wildman–Crippen LogP) is 5.37. The van der Waals surface area contributed by atoms with Crippen LogP contribution in [0.1, 0.15) is 53.5 Å². The van der Waals surface area contributed by atoms with Crippen molar-refractivity contribution in [2.75, 3.05) is 6.67 Å². The molecule has 176 valence electrons. The first-order valence-electron chi connectivity index (χ1n) is 10.6. The number of alkyl carbamates (subject to hydrolysis) is 1. The summed E-state index contributed by atoms with van der Waals surface area (Å²) < 4.78 is 30.9. The number of esters is 1. The monoisotopic (exact) mass is 455 g/mol. The maximum atomic E-state index is 14.1.